The molecule has 0 saturated heterocycles. The minimum atomic E-state index is 0.520. The molecule has 0 amide bonds. The molecule has 1 saturated carbocycles. The first-order chi connectivity index (χ1) is 10.7. The van der Waals surface area contributed by atoms with E-state index in [-0.39, 0.29) is 0 Å². The standard InChI is InChI=1S/C18H26N4/c1-3-20-18(22-17-9-4-6-14(2)10-17)21-13-16-8-5-7-15(11-16)12-19/h5,7-8,11,14,17H,3-4,6,9-10,13H2,1-2H3,(H2,20,21,22). The monoisotopic (exact) mass is 298 g/mol. The molecule has 1 aromatic carbocycles. The van der Waals surface area contributed by atoms with E-state index < -0.39 is 0 Å². The van der Waals surface area contributed by atoms with Gasteiger partial charge < -0.3 is 10.6 Å². The van der Waals surface area contributed by atoms with Crippen LogP contribution in [0.2, 0.25) is 0 Å². The highest BCUT2D eigenvalue weighted by molar-refractivity contribution is 5.80. The molecule has 1 aliphatic rings. The molecular weight excluding hydrogens is 272 g/mol. The van der Waals surface area contributed by atoms with E-state index in [1.165, 1.54) is 25.7 Å². The van der Waals surface area contributed by atoms with E-state index in [1.807, 2.05) is 24.3 Å². The molecule has 0 aliphatic heterocycles. The van der Waals surface area contributed by atoms with Crippen LogP contribution in [0.15, 0.2) is 29.3 Å². The lowest BCUT2D eigenvalue weighted by molar-refractivity contribution is 0.324. The van der Waals surface area contributed by atoms with Gasteiger partial charge in [-0.15, -0.1) is 0 Å². The van der Waals surface area contributed by atoms with Gasteiger partial charge in [-0.1, -0.05) is 31.9 Å². The Kier molecular flexibility index (Phi) is 6.27. The fourth-order valence-electron chi connectivity index (χ4n) is 2.99. The van der Waals surface area contributed by atoms with E-state index in [1.54, 1.807) is 0 Å². The highest BCUT2D eigenvalue weighted by Crippen LogP contribution is 2.23. The zero-order chi connectivity index (χ0) is 15.8. The Hall–Kier alpha value is -2.02. The van der Waals surface area contributed by atoms with E-state index in [4.69, 9.17) is 5.26 Å². The number of benzene rings is 1. The second kappa shape index (κ2) is 8.43. The van der Waals surface area contributed by atoms with Gasteiger partial charge in [-0.05, 0) is 43.4 Å². The molecule has 1 fully saturated rings. The molecule has 1 aromatic rings. The topological polar surface area (TPSA) is 60.2 Å². The van der Waals surface area contributed by atoms with E-state index >= 15 is 0 Å². The summed E-state index contributed by atoms with van der Waals surface area (Å²) >= 11 is 0. The maximum absolute atomic E-state index is 8.95. The molecule has 0 spiro atoms. The van der Waals surface area contributed by atoms with Crippen molar-refractivity contribution in [2.45, 2.75) is 52.1 Å². The van der Waals surface area contributed by atoms with E-state index in [9.17, 15) is 0 Å². The minimum absolute atomic E-state index is 0.520. The molecule has 4 nitrogen and oxygen atoms in total. The highest BCUT2D eigenvalue weighted by Gasteiger charge is 2.19. The molecule has 2 atom stereocenters. The normalized spacial score (nSPS) is 22.0. The van der Waals surface area contributed by atoms with Crippen LogP contribution in [0, 0.1) is 17.2 Å². The predicted octanol–water partition coefficient (Wildman–Crippen LogP) is 3.19. The van der Waals surface area contributed by atoms with Gasteiger partial charge in [-0.3, -0.25) is 0 Å². The SMILES string of the molecule is CCNC(=NCc1cccc(C#N)c1)NC1CCCC(C)C1. The van der Waals surface area contributed by atoms with Gasteiger partial charge in [0.15, 0.2) is 5.96 Å². The number of aliphatic imine (C=N–C) groups is 1. The number of hydrogen-bond donors (Lipinski definition) is 2. The molecule has 4 heteroatoms. The van der Waals surface area contributed by atoms with Crippen LogP contribution >= 0.6 is 0 Å². The van der Waals surface area contributed by atoms with Gasteiger partial charge in [-0.2, -0.15) is 5.26 Å². The van der Waals surface area contributed by atoms with Crippen LogP contribution < -0.4 is 10.6 Å². The summed E-state index contributed by atoms with van der Waals surface area (Å²) in [4.78, 5) is 4.66. The van der Waals surface area contributed by atoms with Crippen LogP contribution in [0.4, 0.5) is 0 Å². The summed E-state index contributed by atoms with van der Waals surface area (Å²) < 4.78 is 0. The van der Waals surface area contributed by atoms with Crippen LogP contribution in [-0.2, 0) is 6.54 Å². The van der Waals surface area contributed by atoms with Crippen LogP contribution in [0.3, 0.4) is 0 Å². The van der Waals surface area contributed by atoms with Gasteiger partial charge in [0, 0.05) is 12.6 Å². The molecule has 1 aliphatic carbocycles. The summed E-state index contributed by atoms with van der Waals surface area (Å²) in [5.41, 5.74) is 1.75. The average Bonchev–Trinajstić information content (AvgIpc) is 2.53. The largest absolute Gasteiger partial charge is 0.357 e. The van der Waals surface area contributed by atoms with E-state index in [2.05, 4.69) is 35.5 Å². The number of nitrogens with one attached hydrogen (secondary N) is 2. The third-order valence-electron chi connectivity index (χ3n) is 4.10. The van der Waals surface area contributed by atoms with Crippen LogP contribution in [0.1, 0.15) is 50.7 Å². The van der Waals surface area contributed by atoms with Gasteiger partial charge in [0.25, 0.3) is 0 Å². The molecule has 0 heterocycles. The van der Waals surface area contributed by atoms with Crippen molar-refractivity contribution in [3.05, 3.63) is 35.4 Å². The summed E-state index contributed by atoms with van der Waals surface area (Å²) in [7, 11) is 0. The first kappa shape index (κ1) is 16.4. The molecular formula is C18H26N4. The molecule has 0 bridgehead atoms. The number of nitriles is 1. The quantitative estimate of drug-likeness (QED) is 0.663. The Morgan fingerprint density at radius 1 is 1.41 bits per heavy atom. The summed E-state index contributed by atoms with van der Waals surface area (Å²) in [6.45, 7) is 5.85. The highest BCUT2D eigenvalue weighted by atomic mass is 15.2. The summed E-state index contributed by atoms with van der Waals surface area (Å²) in [5.74, 6) is 1.67. The molecule has 2 unspecified atom stereocenters. The van der Waals surface area contributed by atoms with Crippen molar-refractivity contribution in [3.63, 3.8) is 0 Å². The second-order valence-electron chi connectivity index (χ2n) is 6.12. The second-order valence-corrected chi connectivity index (χ2v) is 6.12. The van der Waals surface area contributed by atoms with Crippen molar-refractivity contribution >= 4 is 5.96 Å². The molecule has 118 valence electrons. The van der Waals surface area contributed by atoms with Crippen molar-refractivity contribution in [3.8, 4) is 6.07 Å². The van der Waals surface area contributed by atoms with E-state index in [0.29, 0.717) is 18.2 Å². The van der Waals surface area contributed by atoms with Gasteiger partial charge in [0.1, 0.15) is 0 Å². The van der Waals surface area contributed by atoms with Gasteiger partial charge in [0.2, 0.25) is 0 Å². The number of rotatable bonds is 4. The summed E-state index contributed by atoms with van der Waals surface area (Å²) in [6, 6.07) is 10.3. The third-order valence-corrected chi connectivity index (χ3v) is 4.10. The Labute approximate surface area is 133 Å². The Morgan fingerprint density at radius 3 is 3.00 bits per heavy atom. The Morgan fingerprint density at radius 2 is 2.27 bits per heavy atom. The van der Waals surface area contributed by atoms with E-state index in [0.717, 1.165) is 24.0 Å². The first-order valence-electron chi connectivity index (χ1n) is 8.25. The number of guanidine groups is 1. The van der Waals surface area contributed by atoms with Crippen molar-refractivity contribution in [2.24, 2.45) is 10.9 Å². The van der Waals surface area contributed by atoms with Crippen LogP contribution in [0.5, 0.6) is 0 Å². The first-order valence-corrected chi connectivity index (χ1v) is 8.25. The number of hydrogen-bond acceptors (Lipinski definition) is 2. The van der Waals surface area contributed by atoms with Crippen molar-refractivity contribution < 1.29 is 0 Å². The molecule has 0 aromatic heterocycles. The molecule has 2 rings (SSSR count). The van der Waals surface area contributed by atoms with Crippen molar-refractivity contribution in [1.29, 1.82) is 5.26 Å². The smallest absolute Gasteiger partial charge is 0.191 e. The van der Waals surface area contributed by atoms with Gasteiger partial charge in [0.05, 0.1) is 18.2 Å². The molecule has 22 heavy (non-hydrogen) atoms. The Balaban J connectivity index is 1.98. The lowest BCUT2D eigenvalue weighted by atomic mass is 9.87. The van der Waals surface area contributed by atoms with Gasteiger partial charge in [-0.25, -0.2) is 4.99 Å². The van der Waals surface area contributed by atoms with Crippen molar-refractivity contribution in [2.75, 3.05) is 6.54 Å². The maximum atomic E-state index is 8.95. The third kappa shape index (κ3) is 5.07. The molecule has 2 N–H and O–H groups in total. The summed E-state index contributed by atoms with van der Waals surface area (Å²) in [5, 5.41) is 15.8. The fourth-order valence-corrected chi connectivity index (χ4v) is 2.99. The van der Waals surface area contributed by atoms with Crippen LogP contribution in [0.25, 0.3) is 0 Å². The van der Waals surface area contributed by atoms with Gasteiger partial charge >= 0.3 is 0 Å². The van der Waals surface area contributed by atoms with Crippen LogP contribution in [-0.4, -0.2) is 18.5 Å². The number of nitrogens with zero attached hydrogens (tertiary/aromatic N) is 2. The average molecular weight is 298 g/mol. The predicted molar refractivity (Wildman–Crippen MR) is 90.5 cm³/mol. The lowest BCUT2D eigenvalue weighted by Gasteiger charge is -2.28. The zero-order valence-electron chi connectivity index (χ0n) is 13.6. The minimum Gasteiger partial charge on any atom is -0.357 e. The zero-order valence-corrected chi connectivity index (χ0v) is 13.6. The Bertz CT molecular complexity index is 544. The van der Waals surface area contributed by atoms with Crippen molar-refractivity contribution in [1.82, 2.24) is 10.6 Å². The fraction of sp³-hybridized carbons (Fsp3) is 0.556. The molecule has 0 radical (unpaired) electrons. The summed E-state index contributed by atoms with van der Waals surface area (Å²) in [6.07, 6.45) is 5.07. The maximum Gasteiger partial charge on any atom is 0.191 e. The lowest BCUT2D eigenvalue weighted by Crippen LogP contribution is -2.45.